The number of benzene rings is 2. The van der Waals surface area contributed by atoms with Crippen LogP contribution in [0.1, 0.15) is 41.3 Å². The van der Waals surface area contributed by atoms with Gasteiger partial charge in [0.25, 0.3) is 5.91 Å². The summed E-state index contributed by atoms with van der Waals surface area (Å²) in [6, 6.07) is 10.4. The van der Waals surface area contributed by atoms with Crippen LogP contribution in [0.2, 0.25) is 0 Å². The Kier molecular flexibility index (Phi) is 4.82. The molecule has 0 radical (unpaired) electrons. The van der Waals surface area contributed by atoms with Gasteiger partial charge >= 0.3 is 6.18 Å². The van der Waals surface area contributed by atoms with Crippen LogP contribution in [0.5, 0.6) is 0 Å². The molecule has 150 valence electrons. The van der Waals surface area contributed by atoms with Gasteiger partial charge in [0.2, 0.25) is 0 Å². The summed E-state index contributed by atoms with van der Waals surface area (Å²) in [7, 11) is -3.36. The van der Waals surface area contributed by atoms with Gasteiger partial charge in [0.1, 0.15) is 0 Å². The van der Waals surface area contributed by atoms with Crippen LogP contribution in [0.15, 0.2) is 53.4 Å². The Hall–Kier alpha value is -2.35. The van der Waals surface area contributed by atoms with E-state index in [9.17, 15) is 26.4 Å². The SMILES string of the molecule is CC1(C)C(NC(=O)c2ccc(S(C)(=O)=O)cc2)C1c1cccc(C(F)(F)F)c1. The van der Waals surface area contributed by atoms with Gasteiger partial charge < -0.3 is 5.32 Å². The molecule has 1 N–H and O–H groups in total. The number of sulfone groups is 1. The number of rotatable bonds is 4. The molecule has 1 amide bonds. The van der Waals surface area contributed by atoms with Gasteiger partial charge in [-0.05, 0) is 41.3 Å². The third-order valence-corrected chi connectivity index (χ3v) is 6.36. The molecule has 2 aromatic rings. The molecule has 0 spiro atoms. The summed E-state index contributed by atoms with van der Waals surface area (Å²) in [6.07, 6.45) is -3.34. The zero-order chi connectivity index (χ0) is 20.9. The van der Waals surface area contributed by atoms with Gasteiger partial charge in [-0.25, -0.2) is 8.42 Å². The third-order valence-electron chi connectivity index (χ3n) is 5.23. The Morgan fingerprint density at radius 2 is 1.68 bits per heavy atom. The van der Waals surface area contributed by atoms with Crippen molar-refractivity contribution in [2.75, 3.05) is 6.26 Å². The summed E-state index contributed by atoms with van der Waals surface area (Å²) in [6.45, 7) is 3.77. The molecule has 1 aliphatic carbocycles. The van der Waals surface area contributed by atoms with Gasteiger partial charge in [-0.2, -0.15) is 13.2 Å². The van der Waals surface area contributed by atoms with E-state index in [2.05, 4.69) is 5.32 Å². The first-order valence-electron chi connectivity index (χ1n) is 8.60. The van der Waals surface area contributed by atoms with Crippen molar-refractivity contribution in [1.29, 1.82) is 0 Å². The highest BCUT2D eigenvalue weighted by Gasteiger charge is 2.59. The van der Waals surface area contributed by atoms with Crippen molar-refractivity contribution in [3.05, 3.63) is 65.2 Å². The second-order valence-electron chi connectivity index (χ2n) is 7.67. The Morgan fingerprint density at radius 1 is 1.07 bits per heavy atom. The quantitative estimate of drug-likeness (QED) is 0.826. The van der Waals surface area contributed by atoms with Crippen LogP contribution in [0.3, 0.4) is 0 Å². The van der Waals surface area contributed by atoms with E-state index in [4.69, 9.17) is 0 Å². The smallest absolute Gasteiger partial charge is 0.348 e. The van der Waals surface area contributed by atoms with Gasteiger partial charge in [0.05, 0.1) is 10.5 Å². The fraction of sp³-hybridized carbons (Fsp3) is 0.350. The summed E-state index contributed by atoms with van der Waals surface area (Å²) in [5.74, 6) is -0.637. The maximum Gasteiger partial charge on any atom is 0.416 e. The van der Waals surface area contributed by atoms with Crippen LogP contribution in [-0.2, 0) is 16.0 Å². The van der Waals surface area contributed by atoms with Crippen molar-refractivity contribution in [1.82, 2.24) is 5.32 Å². The molecular formula is C20H20F3NO3S. The second kappa shape index (κ2) is 6.62. The lowest BCUT2D eigenvalue weighted by Crippen LogP contribution is -2.28. The minimum Gasteiger partial charge on any atom is -0.348 e. The summed E-state index contributed by atoms with van der Waals surface area (Å²) >= 11 is 0. The van der Waals surface area contributed by atoms with Crippen molar-refractivity contribution in [2.24, 2.45) is 5.41 Å². The highest BCUT2D eigenvalue weighted by molar-refractivity contribution is 7.90. The average Bonchev–Trinajstić information content (AvgIpc) is 3.13. The van der Waals surface area contributed by atoms with E-state index in [-0.39, 0.29) is 22.4 Å². The molecule has 2 aromatic carbocycles. The van der Waals surface area contributed by atoms with Crippen LogP contribution in [-0.4, -0.2) is 26.6 Å². The first-order valence-corrected chi connectivity index (χ1v) is 10.5. The molecule has 4 nitrogen and oxygen atoms in total. The molecule has 2 atom stereocenters. The van der Waals surface area contributed by atoms with E-state index < -0.39 is 32.9 Å². The fourth-order valence-electron chi connectivity index (χ4n) is 3.52. The van der Waals surface area contributed by atoms with E-state index in [0.29, 0.717) is 5.56 Å². The van der Waals surface area contributed by atoms with E-state index >= 15 is 0 Å². The van der Waals surface area contributed by atoms with Crippen LogP contribution in [0, 0.1) is 5.41 Å². The number of carbonyl (C=O) groups excluding carboxylic acids is 1. The normalized spacial score (nSPS) is 21.2. The number of alkyl halides is 3. The molecule has 0 bridgehead atoms. The van der Waals surface area contributed by atoms with E-state index in [1.165, 1.54) is 30.3 Å². The molecule has 3 rings (SSSR count). The Bertz CT molecular complexity index is 1010. The molecule has 1 saturated carbocycles. The monoisotopic (exact) mass is 411 g/mol. The Morgan fingerprint density at radius 3 is 2.21 bits per heavy atom. The molecule has 0 aromatic heterocycles. The summed E-state index contributed by atoms with van der Waals surface area (Å²) < 4.78 is 61.9. The molecule has 0 heterocycles. The summed E-state index contributed by atoms with van der Waals surface area (Å²) in [5, 5.41) is 2.86. The van der Waals surface area contributed by atoms with Crippen LogP contribution >= 0.6 is 0 Å². The number of amides is 1. The van der Waals surface area contributed by atoms with Gasteiger partial charge in [-0.1, -0.05) is 32.0 Å². The number of hydrogen-bond acceptors (Lipinski definition) is 3. The molecule has 1 aliphatic rings. The average molecular weight is 411 g/mol. The molecule has 1 fully saturated rings. The lowest BCUT2D eigenvalue weighted by molar-refractivity contribution is -0.137. The highest BCUT2D eigenvalue weighted by atomic mass is 32.2. The second-order valence-corrected chi connectivity index (χ2v) is 9.69. The minimum absolute atomic E-state index is 0.109. The van der Waals surface area contributed by atoms with Gasteiger partial charge in [0.15, 0.2) is 9.84 Å². The Labute approximate surface area is 161 Å². The topological polar surface area (TPSA) is 63.2 Å². The predicted octanol–water partition coefficient (Wildman–Crippen LogP) is 4.03. The van der Waals surface area contributed by atoms with Crippen LogP contribution in [0.25, 0.3) is 0 Å². The van der Waals surface area contributed by atoms with Crippen molar-refractivity contribution >= 4 is 15.7 Å². The first kappa shape index (κ1) is 20.4. The minimum atomic E-state index is -4.42. The lowest BCUT2D eigenvalue weighted by Gasteiger charge is -2.09. The lowest BCUT2D eigenvalue weighted by atomic mass is 10.0. The summed E-state index contributed by atoms with van der Waals surface area (Å²) in [5.41, 5.74) is -0.295. The highest BCUT2D eigenvalue weighted by Crippen LogP contribution is 2.59. The van der Waals surface area contributed by atoms with Crippen LogP contribution < -0.4 is 5.32 Å². The predicted molar refractivity (Wildman–Crippen MR) is 98.8 cm³/mol. The maximum atomic E-state index is 13.0. The number of carbonyl (C=O) groups is 1. The van der Waals surface area contributed by atoms with Gasteiger partial charge in [-0.3, -0.25) is 4.79 Å². The van der Waals surface area contributed by atoms with Crippen molar-refractivity contribution < 1.29 is 26.4 Å². The largest absolute Gasteiger partial charge is 0.416 e. The Balaban J connectivity index is 1.77. The zero-order valence-electron chi connectivity index (χ0n) is 15.5. The number of nitrogens with one attached hydrogen (secondary N) is 1. The van der Waals surface area contributed by atoms with Gasteiger partial charge in [-0.15, -0.1) is 0 Å². The number of hydrogen-bond donors (Lipinski definition) is 1. The van der Waals surface area contributed by atoms with Crippen molar-refractivity contribution in [2.45, 2.75) is 36.9 Å². The molecule has 28 heavy (non-hydrogen) atoms. The van der Waals surface area contributed by atoms with Gasteiger partial charge in [0, 0.05) is 23.8 Å². The van der Waals surface area contributed by atoms with E-state index in [1.807, 2.05) is 13.8 Å². The molecule has 0 saturated heterocycles. The van der Waals surface area contributed by atoms with Crippen LogP contribution in [0.4, 0.5) is 13.2 Å². The van der Waals surface area contributed by atoms with E-state index in [0.717, 1.165) is 18.4 Å². The number of halogens is 3. The maximum absolute atomic E-state index is 13.0. The van der Waals surface area contributed by atoms with Crippen molar-refractivity contribution in [3.8, 4) is 0 Å². The summed E-state index contributed by atoms with van der Waals surface area (Å²) in [4.78, 5) is 12.6. The third kappa shape index (κ3) is 3.92. The van der Waals surface area contributed by atoms with Crippen molar-refractivity contribution in [3.63, 3.8) is 0 Å². The molecule has 8 heteroatoms. The van der Waals surface area contributed by atoms with E-state index in [1.54, 1.807) is 6.07 Å². The molecular weight excluding hydrogens is 391 g/mol. The standard InChI is InChI=1S/C20H20F3NO3S/c1-19(2)16(13-5-4-6-14(11-13)20(21,22)23)17(19)24-18(25)12-7-9-15(10-8-12)28(3,26)27/h4-11,16-17H,1-3H3,(H,24,25). The molecule has 2 unspecified atom stereocenters. The zero-order valence-corrected chi connectivity index (χ0v) is 16.4. The first-order chi connectivity index (χ1) is 12.8. The molecule has 0 aliphatic heterocycles. The fourth-order valence-corrected chi connectivity index (χ4v) is 4.15.